The van der Waals surface area contributed by atoms with Gasteiger partial charge in [-0.2, -0.15) is 0 Å². The van der Waals surface area contributed by atoms with Crippen LogP contribution in [0.4, 0.5) is 5.69 Å². The molecule has 0 amide bonds. The summed E-state index contributed by atoms with van der Waals surface area (Å²) in [5.41, 5.74) is 1.09. The Morgan fingerprint density at radius 3 is 2.95 bits per heavy atom. The molecule has 21 heavy (non-hydrogen) atoms. The van der Waals surface area contributed by atoms with Crippen molar-refractivity contribution in [3.8, 4) is 0 Å². The monoisotopic (exact) mass is 291 g/mol. The predicted molar refractivity (Wildman–Crippen MR) is 84.6 cm³/mol. The third-order valence-corrected chi connectivity index (χ3v) is 4.24. The van der Waals surface area contributed by atoms with Crippen LogP contribution in [0.15, 0.2) is 24.3 Å². The number of benzene rings is 1. The van der Waals surface area contributed by atoms with E-state index < -0.39 is 0 Å². The molecule has 0 radical (unpaired) electrons. The standard InChI is InChI=1S/C16H25N3O2/c1-2-17-13-15-8-5-6-11-18(15)12-10-14-7-3-4-9-16(14)19(20)21/h3-4,7,9,15,17H,2,5-6,8,10-13H2,1H3. The molecular weight excluding hydrogens is 266 g/mol. The summed E-state index contributed by atoms with van der Waals surface area (Å²) < 4.78 is 0. The van der Waals surface area contributed by atoms with E-state index in [4.69, 9.17) is 0 Å². The Balaban J connectivity index is 1.95. The fourth-order valence-electron chi connectivity index (χ4n) is 3.06. The second-order valence-corrected chi connectivity index (χ2v) is 5.63. The predicted octanol–water partition coefficient (Wildman–Crippen LogP) is 2.60. The molecule has 5 heteroatoms. The van der Waals surface area contributed by atoms with Crippen LogP contribution in [0.3, 0.4) is 0 Å². The third kappa shape index (κ3) is 4.51. The number of hydrogen-bond donors (Lipinski definition) is 1. The number of para-hydroxylation sites is 1. The highest BCUT2D eigenvalue weighted by atomic mass is 16.6. The first-order valence-corrected chi connectivity index (χ1v) is 7.89. The smallest absolute Gasteiger partial charge is 0.272 e. The molecule has 1 atom stereocenters. The zero-order chi connectivity index (χ0) is 15.1. The van der Waals surface area contributed by atoms with Gasteiger partial charge in [0.15, 0.2) is 0 Å². The Bertz CT molecular complexity index is 465. The van der Waals surface area contributed by atoms with Gasteiger partial charge in [-0.15, -0.1) is 0 Å². The number of likely N-dealkylation sites (N-methyl/N-ethyl adjacent to an activating group) is 1. The van der Waals surface area contributed by atoms with Gasteiger partial charge in [0.2, 0.25) is 0 Å². The zero-order valence-corrected chi connectivity index (χ0v) is 12.8. The third-order valence-electron chi connectivity index (χ3n) is 4.24. The van der Waals surface area contributed by atoms with Gasteiger partial charge in [0.25, 0.3) is 5.69 Å². The molecule has 1 aromatic carbocycles. The first-order chi connectivity index (χ1) is 10.2. The van der Waals surface area contributed by atoms with Gasteiger partial charge in [-0.05, 0) is 32.4 Å². The minimum Gasteiger partial charge on any atom is -0.315 e. The summed E-state index contributed by atoms with van der Waals surface area (Å²) in [6.07, 6.45) is 4.50. The van der Waals surface area contributed by atoms with Crippen molar-refractivity contribution in [3.05, 3.63) is 39.9 Å². The lowest BCUT2D eigenvalue weighted by molar-refractivity contribution is -0.385. The van der Waals surface area contributed by atoms with Gasteiger partial charge < -0.3 is 5.32 Å². The van der Waals surface area contributed by atoms with Crippen molar-refractivity contribution in [2.75, 3.05) is 26.2 Å². The zero-order valence-electron chi connectivity index (χ0n) is 12.8. The summed E-state index contributed by atoms with van der Waals surface area (Å²) in [6, 6.07) is 7.66. The summed E-state index contributed by atoms with van der Waals surface area (Å²) in [5.74, 6) is 0. The van der Waals surface area contributed by atoms with Crippen LogP contribution >= 0.6 is 0 Å². The molecule has 0 aromatic heterocycles. The van der Waals surface area contributed by atoms with E-state index in [2.05, 4.69) is 17.1 Å². The molecule has 1 N–H and O–H groups in total. The maximum Gasteiger partial charge on any atom is 0.272 e. The molecule has 1 saturated heterocycles. The first-order valence-electron chi connectivity index (χ1n) is 7.89. The normalized spacial score (nSPS) is 19.6. The van der Waals surface area contributed by atoms with E-state index >= 15 is 0 Å². The van der Waals surface area contributed by atoms with E-state index in [9.17, 15) is 10.1 Å². The highest BCUT2D eigenvalue weighted by Crippen LogP contribution is 2.21. The fourth-order valence-corrected chi connectivity index (χ4v) is 3.06. The molecular formula is C16H25N3O2. The van der Waals surface area contributed by atoms with E-state index in [1.807, 2.05) is 12.1 Å². The molecule has 1 fully saturated rings. The van der Waals surface area contributed by atoms with Gasteiger partial charge in [0, 0.05) is 30.8 Å². The minimum absolute atomic E-state index is 0.248. The van der Waals surface area contributed by atoms with E-state index in [0.717, 1.165) is 38.2 Å². The molecule has 2 rings (SSSR count). The Kier molecular flexibility index (Phi) is 6.14. The number of nitrogens with one attached hydrogen (secondary N) is 1. The summed E-state index contributed by atoms with van der Waals surface area (Å²) in [7, 11) is 0. The van der Waals surface area contributed by atoms with Gasteiger partial charge >= 0.3 is 0 Å². The van der Waals surface area contributed by atoms with Crippen LogP contribution in [0.2, 0.25) is 0 Å². The van der Waals surface area contributed by atoms with Crippen LogP contribution in [-0.2, 0) is 6.42 Å². The number of likely N-dealkylation sites (tertiary alicyclic amines) is 1. The van der Waals surface area contributed by atoms with Crippen LogP contribution in [0.25, 0.3) is 0 Å². The number of piperidine rings is 1. The quantitative estimate of drug-likeness (QED) is 0.619. The molecule has 1 aliphatic heterocycles. The molecule has 0 spiro atoms. The Hall–Kier alpha value is -1.46. The number of nitrogens with zero attached hydrogens (tertiary/aromatic N) is 2. The van der Waals surface area contributed by atoms with E-state index in [-0.39, 0.29) is 10.6 Å². The van der Waals surface area contributed by atoms with E-state index in [1.54, 1.807) is 12.1 Å². The van der Waals surface area contributed by atoms with Gasteiger partial charge in [-0.25, -0.2) is 0 Å². The van der Waals surface area contributed by atoms with Gasteiger partial charge in [-0.1, -0.05) is 31.5 Å². The van der Waals surface area contributed by atoms with Crippen molar-refractivity contribution in [3.63, 3.8) is 0 Å². The topological polar surface area (TPSA) is 58.4 Å². The van der Waals surface area contributed by atoms with Crippen LogP contribution in [0.5, 0.6) is 0 Å². The maximum atomic E-state index is 11.1. The Morgan fingerprint density at radius 2 is 2.19 bits per heavy atom. The number of nitro benzene ring substituents is 1. The second-order valence-electron chi connectivity index (χ2n) is 5.63. The van der Waals surface area contributed by atoms with Crippen molar-refractivity contribution in [2.24, 2.45) is 0 Å². The van der Waals surface area contributed by atoms with E-state index in [1.165, 1.54) is 19.3 Å². The lowest BCUT2D eigenvalue weighted by Gasteiger charge is -2.35. The van der Waals surface area contributed by atoms with Gasteiger partial charge in [0.1, 0.15) is 0 Å². The van der Waals surface area contributed by atoms with Crippen molar-refractivity contribution in [2.45, 2.75) is 38.6 Å². The Labute approximate surface area is 126 Å². The van der Waals surface area contributed by atoms with Crippen molar-refractivity contribution < 1.29 is 4.92 Å². The second kappa shape index (κ2) is 8.10. The summed E-state index contributed by atoms with van der Waals surface area (Å²) in [4.78, 5) is 13.3. The molecule has 0 bridgehead atoms. The molecule has 1 aliphatic rings. The minimum atomic E-state index is -0.276. The van der Waals surface area contributed by atoms with Gasteiger partial charge in [-0.3, -0.25) is 15.0 Å². The van der Waals surface area contributed by atoms with Crippen LogP contribution < -0.4 is 5.32 Å². The Morgan fingerprint density at radius 1 is 1.38 bits per heavy atom. The molecule has 1 unspecified atom stereocenters. The highest BCUT2D eigenvalue weighted by molar-refractivity contribution is 5.39. The first kappa shape index (κ1) is 15.9. The molecule has 5 nitrogen and oxygen atoms in total. The number of hydrogen-bond acceptors (Lipinski definition) is 4. The largest absolute Gasteiger partial charge is 0.315 e. The van der Waals surface area contributed by atoms with Crippen molar-refractivity contribution in [1.82, 2.24) is 10.2 Å². The van der Waals surface area contributed by atoms with Crippen LogP contribution in [0, 0.1) is 10.1 Å². The molecule has 0 saturated carbocycles. The number of rotatable bonds is 7. The lowest BCUT2D eigenvalue weighted by Crippen LogP contribution is -2.46. The average Bonchev–Trinajstić information content (AvgIpc) is 2.52. The summed E-state index contributed by atoms with van der Waals surface area (Å²) in [6.45, 7) is 6.15. The fraction of sp³-hybridized carbons (Fsp3) is 0.625. The molecule has 1 heterocycles. The molecule has 0 aliphatic carbocycles. The summed E-state index contributed by atoms with van der Waals surface area (Å²) >= 11 is 0. The van der Waals surface area contributed by atoms with Crippen LogP contribution in [0.1, 0.15) is 31.7 Å². The van der Waals surface area contributed by atoms with Crippen molar-refractivity contribution >= 4 is 5.69 Å². The molecule has 116 valence electrons. The molecule has 1 aromatic rings. The average molecular weight is 291 g/mol. The van der Waals surface area contributed by atoms with Gasteiger partial charge in [0.05, 0.1) is 4.92 Å². The SMILES string of the molecule is CCNCC1CCCCN1CCc1ccccc1[N+](=O)[O-]. The summed E-state index contributed by atoms with van der Waals surface area (Å²) in [5, 5.41) is 14.5. The number of nitro groups is 1. The maximum absolute atomic E-state index is 11.1. The van der Waals surface area contributed by atoms with Crippen LogP contribution in [-0.4, -0.2) is 42.0 Å². The lowest BCUT2D eigenvalue weighted by atomic mass is 10.0. The van der Waals surface area contributed by atoms with E-state index in [0.29, 0.717) is 6.04 Å². The van der Waals surface area contributed by atoms with Crippen molar-refractivity contribution in [1.29, 1.82) is 0 Å². The highest BCUT2D eigenvalue weighted by Gasteiger charge is 2.22.